The molecule has 0 amide bonds. The summed E-state index contributed by atoms with van der Waals surface area (Å²) in [6, 6.07) is 3.95. The van der Waals surface area contributed by atoms with Gasteiger partial charge in [0.2, 0.25) is 5.88 Å². The molecule has 4 heteroatoms. The molecule has 3 rings (SSSR count). The van der Waals surface area contributed by atoms with Crippen molar-refractivity contribution in [3.8, 4) is 5.88 Å². The number of aromatic nitrogens is 1. The van der Waals surface area contributed by atoms with E-state index < -0.39 is 0 Å². The lowest BCUT2D eigenvalue weighted by molar-refractivity contribution is 0.142. The normalized spacial score (nSPS) is 19.4. The standard InChI is InChI=1S/C13H16N2O2/c1-16-12-3-2-9-7-17-8-10-6-14-5-4-11(10)13(9)15-12/h2-3,14H,4-8H2,1H3. The van der Waals surface area contributed by atoms with E-state index in [1.807, 2.05) is 6.07 Å². The van der Waals surface area contributed by atoms with E-state index >= 15 is 0 Å². The Morgan fingerprint density at radius 3 is 3.18 bits per heavy atom. The number of nitrogens with one attached hydrogen (secondary N) is 1. The van der Waals surface area contributed by atoms with Gasteiger partial charge in [-0.15, -0.1) is 0 Å². The first-order chi connectivity index (χ1) is 8.38. The lowest BCUT2D eigenvalue weighted by atomic mass is 9.96. The highest BCUT2D eigenvalue weighted by Crippen LogP contribution is 2.30. The molecule has 1 aromatic heterocycles. The van der Waals surface area contributed by atoms with Gasteiger partial charge in [-0.05, 0) is 30.2 Å². The van der Waals surface area contributed by atoms with Gasteiger partial charge in [-0.1, -0.05) is 0 Å². The maximum absolute atomic E-state index is 5.69. The highest BCUT2D eigenvalue weighted by molar-refractivity contribution is 5.70. The molecular formula is C13H16N2O2. The van der Waals surface area contributed by atoms with Crippen molar-refractivity contribution in [1.29, 1.82) is 0 Å². The SMILES string of the molecule is COc1ccc2c(n1)C1=C(CNCC1)COC2. The van der Waals surface area contributed by atoms with Crippen LogP contribution in [-0.2, 0) is 11.3 Å². The summed E-state index contributed by atoms with van der Waals surface area (Å²) in [6.07, 6.45) is 1.02. The third-order valence-corrected chi connectivity index (χ3v) is 3.30. The van der Waals surface area contributed by atoms with E-state index in [0.717, 1.165) is 30.8 Å². The van der Waals surface area contributed by atoms with Gasteiger partial charge in [0.25, 0.3) is 0 Å². The number of hydrogen-bond acceptors (Lipinski definition) is 4. The molecule has 3 heterocycles. The predicted octanol–water partition coefficient (Wildman–Crippen LogP) is 1.37. The van der Waals surface area contributed by atoms with E-state index in [1.165, 1.54) is 11.1 Å². The molecule has 2 aliphatic rings. The molecule has 90 valence electrons. The van der Waals surface area contributed by atoms with Crippen LogP contribution in [0.1, 0.15) is 17.7 Å². The van der Waals surface area contributed by atoms with Crippen LogP contribution in [0.4, 0.5) is 0 Å². The van der Waals surface area contributed by atoms with Crippen LogP contribution >= 0.6 is 0 Å². The Kier molecular flexibility index (Phi) is 2.82. The smallest absolute Gasteiger partial charge is 0.213 e. The number of rotatable bonds is 1. The van der Waals surface area contributed by atoms with E-state index in [1.54, 1.807) is 7.11 Å². The molecule has 0 atom stereocenters. The molecule has 0 bridgehead atoms. The number of fused-ring (bicyclic) bond motifs is 2. The number of ether oxygens (including phenoxy) is 2. The summed E-state index contributed by atoms with van der Waals surface area (Å²) < 4.78 is 10.9. The van der Waals surface area contributed by atoms with Gasteiger partial charge in [-0.3, -0.25) is 0 Å². The largest absolute Gasteiger partial charge is 0.481 e. The molecule has 0 aliphatic carbocycles. The van der Waals surface area contributed by atoms with Crippen LogP contribution in [-0.4, -0.2) is 31.8 Å². The molecule has 0 saturated heterocycles. The van der Waals surface area contributed by atoms with E-state index in [0.29, 0.717) is 19.1 Å². The zero-order valence-corrected chi connectivity index (χ0v) is 9.95. The van der Waals surface area contributed by atoms with Gasteiger partial charge in [-0.25, -0.2) is 4.98 Å². The fraction of sp³-hybridized carbons (Fsp3) is 0.462. The molecule has 0 unspecified atom stereocenters. The summed E-state index contributed by atoms with van der Waals surface area (Å²) in [4.78, 5) is 4.59. The van der Waals surface area contributed by atoms with Crippen molar-refractivity contribution in [3.05, 3.63) is 29.0 Å². The van der Waals surface area contributed by atoms with E-state index in [4.69, 9.17) is 9.47 Å². The van der Waals surface area contributed by atoms with Crippen LogP contribution in [0.2, 0.25) is 0 Å². The van der Waals surface area contributed by atoms with Gasteiger partial charge >= 0.3 is 0 Å². The maximum atomic E-state index is 5.69. The molecule has 2 aliphatic heterocycles. The van der Waals surface area contributed by atoms with Crippen LogP contribution in [0.15, 0.2) is 17.7 Å². The minimum Gasteiger partial charge on any atom is -0.481 e. The lowest BCUT2D eigenvalue weighted by Crippen LogP contribution is -2.26. The highest BCUT2D eigenvalue weighted by Gasteiger charge is 2.21. The first kappa shape index (κ1) is 10.7. The second-order valence-corrected chi connectivity index (χ2v) is 4.36. The van der Waals surface area contributed by atoms with Gasteiger partial charge in [-0.2, -0.15) is 0 Å². The molecule has 1 N–H and O–H groups in total. The molecule has 0 saturated carbocycles. The molecule has 4 nitrogen and oxygen atoms in total. The summed E-state index contributed by atoms with van der Waals surface area (Å²) in [5.74, 6) is 0.677. The van der Waals surface area contributed by atoms with Crippen molar-refractivity contribution in [1.82, 2.24) is 10.3 Å². The fourth-order valence-electron chi connectivity index (χ4n) is 2.41. The predicted molar refractivity (Wildman–Crippen MR) is 64.9 cm³/mol. The Bertz CT molecular complexity index is 468. The Morgan fingerprint density at radius 2 is 2.29 bits per heavy atom. The quantitative estimate of drug-likeness (QED) is 0.794. The molecule has 0 spiro atoms. The summed E-state index contributed by atoms with van der Waals surface area (Å²) in [6.45, 7) is 3.27. The minimum atomic E-state index is 0.638. The number of pyridine rings is 1. The Labute approximate surface area is 101 Å². The molecule has 0 aromatic carbocycles. The van der Waals surface area contributed by atoms with Gasteiger partial charge in [0, 0.05) is 18.2 Å². The Morgan fingerprint density at radius 1 is 1.35 bits per heavy atom. The van der Waals surface area contributed by atoms with Gasteiger partial charge in [0.1, 0.15) is 0 Å². The monoisotopic (exact) mass is 232 g/mol. The van der Waals surface area contributed by atoms with E-state index in [2.05, 4.69) is 16.4 Å². The van der Waals surface area contributed by atoms with Crippen LogP contribution in [0.3, 0.4) is 0 Å². The topological polar surface area (TPSA) is 43.4 Å². The third-order valence-electron chi connectivity index (χ3n) is 3.30. The van der Waals surface area contributed by atoms with Crippen LogP contribution in [0.5, 0.6) is 5.88 Å². The van der Waals surface area contributed by atoms with Crippen molar-refractivity contribution in [2.24, 2.45) is 0 Å². The van der Waals surface area contributed by atoms with Crippen molar-refractivity contribution < 1.29 is 9.47 Å². The molecule has 17 heavy (non-hydrogen) atoms. The van der Waals surface area contributed by atoms with Gasteiger partial charge in [0.05, 0.1) is 26.0 Å². The molecule has 0 radical (unpaired) electrons. The first-order valence-electron chi connectivity index (χ1n) is 5.92. The van der Waals surface area contributed by atoms with Crippen molar-refractivity contribution in [2.75, 3.05) is 26.8 Å². The van der Waals surface area contributed by atoms with Crippen molar-refractivity contribution in [3.63, 3.8) is 0 Å². The summed E-state index contributed by atoms with van der Waals surface area (Å²) >= 11 is 0. The Balaban J connectivity index is 2.11. The summed E-state index contributed by atoms with van der Waals surface area (Å²) in [5.41, 5.74) is 4.90. The number of nitrogens with zero attached hydrogens (tertiary/aromatic N) is 1. The van der Waals surface area contributed by atoms with Gasteiger partial charge < -0.3 is 14.8 Å². The fourth-order valence-corrected chi connectivity index (χ4v) is 2.41. The van der Waals surface area contributed by atoms with Crippen molar-refractivity contribution in [2.45, 2.75) is 13.0 Å². The van der Waals surface area contributed by atoms with Crippen molar-refractivity contribution >= 4 is 5.57 Å². The summed E-state index contributed by atoms with van der Waals surface area (Å²) in [5, 5.41) is 3.37. The third kappa shape index (κ3) is 1.94. The molecule has 0 fully saturated rings. The van der Waals surface area contributed by atoms with Crippen LogP contribution < -0.4 is 10.1 Å². The highest BCUT2D eigenvalue weighted by atomic mass is 16.5. The zero-order valence-electron chi connectivity index (χ0n) is 9.95. The second kappa shape index (κ2) is 4.47. The number of hydrogen-bond donors (Lipinski definition) is 1. The maximum Gasteiger partial charge on any atom is 0.213 e. The minimum absolute atomic E-state index is 0.638. The first-order valence-corrected chi connectivity index (χ1v) is 5.92. The van der Waals surface area contributed by atoms with Crippen LogP contribution in [0.25, 0.3) is 5.57 Å². The summed E-state index contributed by atoms with van der Waals surface area (Å²) in [7, 11) is 1.65. The van der Waals surface area contributed by atoms with Gasteiger partial charge in [0.15, 0.2) is 0 Å². The molecule has 1 aromatic rings. The number of methoxy groups -OCH3 is 1. The Hall–Kier alpha value is -1.39. The van der Waals surface area contributed by atoms with Crippen LogP contribution in [0, 0.1) is 0 Å². The average molecular weight is 232 g/mol. The lowest BCUT2D eigenvalue weighted by Gasteiger charge is -2.19. The zero-order chi connectivity index (χ0) is 11.7. The van der Waals surface area contributed by atoms with E-state index in [-0.39, 0.29) is 0 Å². The second-order valence-electron chi connectivity index (χ2n) is 4.36. The van der Waals surface area contributed by atoms with E-state index in [9.17, 15) is 0 Å². The average Bonchev–Trinajstić information content (AvgIpc) is 2.57. The molecular weight excluding hydrogens is 216 g/mol.